The van der Waals surface area contributed by atoms with Crippen LogP contribution in [0, 0.1) is 12.7 Å². The molecule has 1 aliphatic heterocycles. The summed E-state index contributed by atoms with van der Waals surface area (Å²) in [4.78, 5) is 4.81. The van der Waals surface area contributed by atoms with E-state index in [0.717, 1.165) is 43.7 Å². The quantitative estimate of drug-likeness (QED) is 0.899. The van der Waals surface area contributed by atoms with Gasteiger partial charge in [-0.25, -0.2) is 4.39 Å². The molecule has 0 aromatic heterocycles. The number of nitrogens with one attached hydrogen (secondary N) is 1. The third-order valence-corrected chi connectivity index (χ3v) is 4.41. The SMILES string of the molecule is CCNC(CC1CN(C)CCN1C)c1cc(C)cc(F)c1. The number of benzene rings is 1. The molecule has 0 spiro atoms. The number of likely N-dealkylation sites (N-methyl/N-ethyl adjacent to an activating group) is 2. The van der Waals surface area contributed by atoms with E-state index in [9.17, 15) is 4.39 Å². The van der Waals surface area contributed by atoms with E-state index in [-0.39, 0.29) is 11.9 Å². The number of rotatable bonds is 5. The Morgan fingerprint density at radius 2 is 2.05 bits per heavy atom. The maximum absolute atomic E-state index is 13.7. The molecule has 1 fully saturated rings. The Balaban J connectivity index is 2.14. The molecule has 1 aromatic carbocycles. The van der Waals surface area contributed by atoms with Gasteiger partial charge in [-0.1, -0.05) is 13.0 Å². The van der Waals surface area contributed by atoms with Crippen molar-refractivity contribution < 1.29 is 4.39 Å². The highest BCUT2D eigenvalue weighted by atomic mass is 19.1. The molecule has 1 saturated heterocycles. The highest BCUT2D eigenvalue weighted by Crippen LogP contribution is 2.24. The Morgan fingerprint density at radius 3 is 2.71 bits per heavy atom. The largest absolute Gasteiger partial charge is 0.310 e. The number of hydrogen-bond donors (Lipinski definition) is 1. The lowest BCUT2D eigenvalue weighted by molar-refractivity contribution is 0.101. The molecule has 3 nitrogen and oxygen atoms in total. The first-order valence-corrected chi connectivity index (χ1v) is 7.89. The number of halogens is 1. The van der Waals surface area contributed by atoms with Crippen molar-refractivity contribution in [2.45, 2.75) is 32.4 Å². The summed E-state index contributed by atoms with van der Waals surface area (Å²) >= 11 is 0. The third kappa shape index (κ3) is 4.50. The maximum Gasteiger partial charge on any atom is 0.123 e. The van der Waals surface area contributed by atoms with Crippen LogP contribution < -0.4 is 5.32 Å². The van der Waals surface area contributed by atoms with Crippen LogP contribution in [0.15, 0.2) is 18.2 Å². The van der Waals surface area contributed by atoms with E-state index in [0.29, 0.717) is 6.04 Å². The molecule has 0 saturated carbocycles. The Kier molecular flexibility index (Phi) is 5.73. The summed E-state index contributed by atoms with van der Waals surface area (Å²) in [6, 6.07) is 6.09. The summed E-state index contributed by atoms with van der Waals surface area (Å²) in [7, 11) is 4.37. The fraction of sp³-hybridized carbons (Fsp3) is 0.647. The molecule has 21 heavy (non-hydrogen) atoms. The van der Waals surface area contributed by atoms with Crippen LogP contribution in [0.25, 0.3) is 0 Å². The topological polar surface area (TPSA) is 18.5 Å². The first kappa shape index (κ1) is 16.4. The number of nitrogens with zero attached hydrogens (tertiary/aromatic N) is 2. The maximum atomic E-state index is 13.7. The van der Waals surface area contributed by atoms with Gasteiger partial charge in [0.05, 0.1) is 0 Å². The zero-order valence-electron chi connectivity index (χ0n) is 13.7. The van der Waals surface area contributed by atoms with Crippen molar-refractivity contribution >= 4 is 0 Å². The molecule has 0 amide bonds. The van der Waals surface area contributed by atoms with Crippen molar-refractivity contribution in [2.75, 3.05) is 40.3 Å². The Hall–Kier alpha value is -0.970. The Morgan fingerprint density at radius 1 is 1.29 bits per heavy atom. The van der Waals surface area contributed by atoms with E-state index in [1.54, 1.807) is 12.1 Å². The fourth-order valence-corrected chi connectivity index (χ4v) is 3.18. The molecule has 0 bridgehead atoms. The van der Waals surface area contributed by atoms with Gasteiger partial charge in [-0.05, 0) is 57.2 Å². The van der Waals surface area contributed by atoms with Gasteiger partial charge in [-0.15, -0.1) is 0 Å². The van der Waals surface area contributed by atoms with Crippen molar-refractivity contribution in [1.82, 2.24) is 15.1 Å². The summed E-state index contributed by atoms with van der Waals surface area (Å²) in [6.45, 7) is 8.26. The molecular formula is C17H28FN3. The standard InChI is InChI=1S/C17H28FN3/c1-5-19-17(14-8-13(2)9-15(18)10-14)11-16-12-20(3)6-7-21(16)4/h8-10,16-17,19H,5-7,11-12H2,1-4H3. The molecule has 1 N–H and O–H groups in total. The lowest BCUT2D eigenvalue weighted by atomic mass is 9.96. The van der Waals surface area contributed by atoms with E-state index in [1.807, 2.05) is 6.92 Å². The molecule has 4 heteroatoms. The Bertz CT molecular complexity index is 443. The normalized spacial score (nSPS) is 22.4. The molecule has 2 atom stereocenters. The number of hydrogen-bond acceptors (Lipinski definition) is 3. The minimum atomic E-state index is -0.137. The molecule has 1 aromatic rings. The molecule has 0 aliphatic carbocycles. The van der Waals surface area contributed by atoms with E-state index < -0.39 is 0 Å². The van der Waals surface area contributed by atoms with E-state index >= 15 is 0 Å². The zero-order chi connectivity index (χ0) is 15.4. The van der Waals surface area contributed by atoms with Gasteiger partial charge in [0.25, 0.3) is 0 Å². The molecule has 1 aliphatic rings. The van der Waals surface area contributed by atoms with Crippen molar-refractivity contribution in [3.05, 3.63) is 35.1 Å². The summed E-state index contributed by atoms with van der Waals surface area (Å²) in [5.74, 6) is -0.137. The van der Waals surface area contributed by atoms with Crippen molar-refractivity contribution in [1.29, 1.82) is 0 Å². The highest BCUT2D eigenvalue weighted by Gasteiger charge is 2.25. The number of piperazine rings is 1. The van der Waals surface area contributed by atoms with Gasteiger partial charge in [-0.2, -0.15) is 0 Å². The summed E-state index contributed by atoms with van der Waals surface area (Å²) in [6.07, 6.45) is 1.01. The molecular weight excluding hydrogens is 265 g/mol. The van der Waals surface area contributed by atoms with Crippen LogP contribution in [-0.2, 0) is 0 Å². The van der Waals surface area contributed by atoms with E-state index in [2.05, 4.69) is 42.2 Å². The van der Waals surface area contributed by atoms with Crippen LogP contribution in [0.5, 0.6) is 0 Å². The Labute approximate surface area is 128 Å². The van der Waals surface area contributed by atoms with Gasteiger partial charge in [0.1, 0.15) is 5.82 Å². The minimum Gasteiger partial charge on any atom is -0.310 e. The van der Waals surface area contributed by atoms with Gasteiger partial charge in [-0.3, -0.25) is 0 Å². The summed E-state index contributed by atoms with van der Waals surface area (Å²) in [5.41, 5.74) is 2.05. The molecule has 0 radical (unpaired) electrons. The fourth-order valence-electron chi connectivity index (χ4n) is 3.18. The number of aryl methyl sites for hydroxylation is 1. The minimum absolute atomic E-state index is 0.137. The van der Waals surface area contributed by atoms with E-state index in [4.69, 9.17) is 0 Å². The lowest BCUT2D eigenvalue weighted by Crippen LogP contribution is -2.51. The van der Waals surface area contributed by atoms with Gasteiger partial charge < -0.3 is 15.1 Å². The van der Waals surface area contributed by atoms with Crippen LogP contribution in [0.4, 0.5) is 4.39 Å². The molecule has 2 rings (SSSR count). The van der Waals surface area contributed by atoms with Crippen molar-refractivity contribution in [2.24, 2.45) is 0 Å². The van der Waals surface area contributed by atoms with Crippen LogP contribution in [0.3, 0.4) is 0 Å². The molecule has 118 valence electrons. The van der Waals surface area contributed by atoms with Gasteiger partial charge in [0, 0.05) is 31.7 Å². The lowest BCUT2D eigenvalue weighted by Gasteiger charge is -2.39. The second kappa shape index (κ2) is 7.34. The monoisotopic (exact) mass is 293 g/mol. The zero-order valence-corrected chi connectivity index (χ0v) is 13.7. The van der Waals surface area contributed by atoms with Gasteiger partial charge in [0.15, 0.2) is 0 Å². The van der Waals surface area contributed by atoms with Crippen molar-refractivity contribution in [3.8, 4) is 0 Å². The first-order chi connectivity index (χ1) is 9.99. The smallest absolute Gasteiger partial charge is 0.123 e. The summed E-state index contributed by atoms with van der Waals surface area (Å²) < 4.78 is 13.7. The third-order valence-electron chi connectivity index (χ3n) is 4.41. The average molecular weight is 293 g/mol. The van der Waals surface area contributed by atoms with Gasteiger partial charge >= 0.3 is 0 Å². The predicted octanol–water partition coefficient (Wildman–Crippen LogP) is 2.42. The van der Waals surface area contributed by atoms with Crippen LogP contribution in [0.1, 0.15) is 30.5 Å². The van der Waals surface area contributed by atoms with Crippen LogP contribution in [0.2, 0.25) is 0 Å². The van der Waals surface area contributed by atoms with Gasteiger partial charge in [0.2, 0.25) is 0 Å². The van der Waals surface area contributed by atoms with Crippen molar-refractivity contribution in [3.63, 3.8) is 0 Å². The molecule has 2 unspecified atom stereocenters. The molecule has 1 heterocycles. The second-order valence-corrected chi connectivity index (χ2v) is 6.30. The average Bonchev–Trinajstić information content (AvgIpc) is 2.41. The van der Waals surface area contributed by atoms with Crippen LogP contribution in [-0.4, -0.2) is 56.1 Å². The van der Waals surface area contributed by atoms with Crippen LogP contribution >= 0.6 is 0 Å². The summed E-state index contributed by atoms with van der Waals surface area (Å²) in [5, 5.41) is 3.52. The predicted molar refractivity (Wildman–Crippen MR) is 86.1 cm³/mol. The van der Waals surface area contributed by atoms with E-state index in [1.165, 1.54) is 0 Å². The first-order valence-electron chi connectivity index (χ1n) is 7.89. The highest BCUT2D eigenvalue weighted by molar-refractivity contribution is 5.26. The second-order valence-electron chi connectivity index (χ2n) is 6.30.